The van der Waals surface area contributed by atoms with Crippen molar-refractivity contribution in [3.05, 3.63) is 62.7 Å². The van der Waals surface area contributed by atoms with Gasteiger partial charge in [-0.1, -0.05) is 28.1 Å². The van der Waals surface area contributed by atoms with Crippen molar-refractivity contribution in [2.75, 3.05) is 5.32 Å². The van der Waals surface area contributed by atoms with Crippen LogP contribution in [0.2, 0.25) is 0 Å². The van der Waals surface area contributed by atoms with E-state index >= 15 is 0 Å². The molecule has 0 aliphatic rings. The Labute approximate surface area is 119 Å². The van der Waals surface area contributed by atoms with Crippen LogP contribution >= 0.6 is 15.9 Å². The normalized spacial score (nSPS) is 11.9. The molecular formula is C13H12BrN3O2. The molecule has 0 saturated heterocycles. The van der Waals surface area contributed by atoms with E-state index in [4.69, 9.17) is 0 Å². The average molecular weight is 322 g/mol. The molecule has 1 unspecified atom stereocenters. The molecule has 1 N–H and O–H groups in total. The molecule has 0 spiro atoms. The maximum Gasteiger partial charge on any atom is 0.274 e. The highest BCUT2D eigenvalue weighted by molar-refractivity contribution is 9.10. The number of nitrogens with zero attached hydrogens (tertiary/aromatic N) is 2. The van der Waals surface area contributed by atoms with Gasteiger partial charge in [-0.25, -0.2) is 4.98 Å². The third-order valence-electron chi connectivity index (χ3n) is 2.69. The number of nitro groups is 1. The van der Waals surface area contributed by atoms with Crippen LogP contribution in [0.15, 0.2) is 47.1 Å². The Bertz CT molecular complexity index is 587. The molecular weight excluding hydrogens is 310 g/mol. The first kappa shape index (κ1) is 13.5. The molecule has 2 aromatic rings. The minimum Gasteiger partial charge on any atom is -0.363 e. The topological polar surface area (TPSA) is 68.1 Å². The number of hydrogen-bond donors (Lipinski definition) is 1. The second kappa shape index (κ2) is 5.79. The highest BCUT2D eigenvalue weighted by Gasteiger charge is 2.10. The lowest BCUT2D eigenvalue weighted by atomic mass is 10.1. The molecule has 0 saturated carbocycles. The van der Waals surface area contributed by atoms with Gasteiger partial charge >= 0.3 is 0 Å². The van der Waals surface area contributed by atoms with E-state index in [0.29, 0.717) is 5.82 Å². The van der Waals surface area contributed by atoms with Gasteiger partial charge in [0.2, 0.25) is 0 Å². The Balaban J connectivity index is 2.14. The second-order valence-electron chi connectivity index (χ2n) is 4.07. The number of rotatable bonds is 4. The molecule has 1 aromatic heterocycles. The highest BCUT2D eigenvalue weighted by atomic mass is 79.9. The summed E-state index contributed by atoms with van der Waals surface area (Å²) in [4.78, 5) is 14.3. The first-order chi connectivity index (χ1) is 9.06. The predicted molar refractivity (Wildman–Crippen MR) is 77.1 cm³/mol. The minimum atomic E-state index is -0.433. The van der Waals surface area contributed by atoms with Crippen molar-refractivity contribution in [3.8, 4) is 0 Å². The van der Waals surface area contributed by atoms with E-state index in [1.165, 1.54) is 18.3 Å². The summed E-state index contributed by atoms with van der Waals surface area (Å²) in [6, 6.07) is 10.7. The maximum absolute atomic E-state index is 10.7. The summed E-state index contributed by atoms with van der Waals surface area (Å²) in [5.74, 6) is 0.490. The summed E-state index contributed by atoms with van der Waals surface area (Å²) in [5, 5.41) is 13.8. The molecule has 98 valence electrons. The molecule has 0 fully saturated rings. The van der Waals surface area contributed by atoms with Crippen molar-refractivity contribution >= 4 is 27.4 Å². The van der Waals surface area contributed by atoms with E-state index in [-0.39, 0.29) is 11.7 Å². The third-order valence-corrected chi connectivity index (χ3v) is 3.22. The first-order valence-corrected chi connectivity index (χ1v) is 6.48. The van der Waals surface area contributed by atoms with Crippen LogP contribution in [0.4, 0.5) is 11.5 Å². The molecule has 0 radical (unpaired) electrons. The Morgan fingerprint density at radius 1 is 1.32 bits per heavy atom. The summed E-state index contributed by atoms with van der Waals surface area (Å²) in [6.07, 6.45) is 1.43. The van der Waals surface area contributed by atoms with Crippen LogP contribution in [-0.4, -0.2) is 9.91 Å². The van der Waals surface area contributed by atoms with Gasteiger partial charge in [0.1, 0.15) is 5.82 Å². The Morgan fingerprint density at radius 2 is 2.00 bits per heavy atom. The molecule has 1 atom stereocenters. The van der Waals surface area contributed by atoms with Crippen LogP contribution < -0.4 is 5.32 Å². The Hall–Kier alpha value is -1.95. The molecule has 1 heterocycles. The molecule has 0 amide bonds. The number of anilines is 1. The lowest BCUT2D eigenvalue weighted by Crippen LogP contribution is -2.07. The van der Waals surface area contributed by atoms with Crippen molar-refractivity contribution in [2.45, 2.75) is 13.0 Å². The lowest BCUT2D eigenvalue weighted by molar-refractivity contribution is -0.384. The third kappa shape index (κ3) is 3.51. The molecule has 2 rings (SSSR count). The van der Waals surface area contributed by atoms with Crippen molar-refractivity contribution in [1.82, 2.24) is 4.98 Å². The van der Waals surface area contributed by atoms with E-state index in [1.807, 2.05) is 31.2 Å². The molecule has 0 aliphatic heterocycles. The van der Waals surface area contributed by atoms with Crippen LogP contribution in [0.25, 0.3) is 0 Å². The molecule has 0 bridgehead atoms. The van der Waals surface area contributed by atoms with Gasteiger partial charge in [0.05, 0.1) is 11.0 Å². The Kier molecular flexibility index (Phi) is 4.11. The van der Waals surface area contributed by atoms with Crippen LogP contribution in [0.1, 0.15) is 18.5 Å². The lowest BCUT2D eigenvalue weighted by Gasteiger charge is -2.14. The van der Waals surface area contributed by atoms with E-state index in [1.54, 1.807) is 0 Å². The summed E-state index contributed by atoms with van der Waals surface area (Å²) in [6.45, 7) is 1.98. The fourth-order valence-corrected chi connectivity index (χ4v) is 1.93. The van der Waals surface area contributed by atoms with Crippen LogP contribution in [0.5, 0.6) is 0 Å². The fraction of sp³-hybridized carbons (Fsp3) is 0.154. The number of halogens is 1. The molecule has 6 heteroatoms. The summed E-state index contributed by atoms with van der Waals surface area (Å²) >= 11 is 3.38. The number of benzene rings is 1. The zero-order chi connectivity index (χ0) is 13.8. The van der Waals surface area contributed by atoms with Gasteiger partial charge in [0.15, 0.2) is 0 Å². The van der Waals surface area contributed by atoms with Gasteiger partial charge in [0.25, 0.3) is 5.69 Å². The predicted octanol–water partition coefficient (Wildman–Crippen LogP) is 3.93. The summed E-state index contributed by atoms with van der Waals surface area (Å²) in [7, 11) is 0. The van der Waals surface area contributed by atoms with Crippen molar-refractivity contribution in [2.24, 2.45) is 0 Å². The van der Waals surface area contributed by atoms with Gasteiger partial charge in [-0.15, -0.1) is 0 Å². The summed E-state index contributed by atoms with van der Waals surface area (Å²) in [5.41, 5.74) is 1.11. The van der Waals surface area contributed by atoms with Gasteiger partial charge in [0, 0.05) is 22.8 Å². The average Bonchev–Trinajstić information content (AvgIpc) is 2.39. The highest BCUT2D eigenvalue weighted by Crippen LogP contribution is 2.22. The van der Waals surface area contributed by atoms with E-state index in [9.17, 15) is 10.1 Å². The van der Waals surface area contributed by atoms with Crippen molar-refractivity contribution in [1.29, 1.82) is 0 Å². The van der Waals surface area contributed by atoms with Gasteiger partial charge in [-0.2, -0.15) is 0 Å². The van der Waals surface area contributed by atoms with Crippen LogP contribution in [-0.2, 0) is 0 Å². The van der Waals surface area contributed by atoms with Crippen LogP contribution in [0, 0.1) is 10.1 Å². The van der Waals surface area contributed by atoms with Crippen molar-refractivity contribution < 1.29 is 4.92 Å². The number of aromatic nitrogens is 1. The zero-order valence-electron chi connectivity index (χ0n) is 10.2. The molecule has 19 heavy (non-hydrogen) atoms. The quantitative estimate of drug-likeness (QED) is 0.684. The number of hydrogen-bond acceptors (Lipinski definition) is 4. The number of nitrogens with one attached hydrogen (secondary N) is 1. The molecule has 5 nitrogen and oxygen atoms in total. The van der Waals surface area contributed by atoms with Gasteiger partial charge < -0.3 is 5.32 Å². The summed E-state index contributed by atoms with van der Waals surface area (Å²) < 4.78 is 1.01. The molecule has 0 aliphatic carbocycles. The first-order valence-electron chi connectivity index (χ1n) is 5.68. The monoisotopic (exact) mass is 321 g/mol. The Morgan fingerprint density at radius 3 is 2.63 bits per heavy atom. The van der Waals surface area contributed by atoms with Gasteiger partial charge in [-0.3, -0.25) is 10.1 Å². The van der Waals surface area contributed by atoms with E-state index in [2.05, 4.69) is 26.2 Å². The minimum absolute atomic E-state index is 0.0163. The standard InChI is InChI=1S/C13H12BrN3O2/c1-9(10-2-4-11(14)5-3-10)16-13-8-12(17(18)19)6-7-15-13/h2-9H,1H3,(H,15,16). The SMILES string of the molecule is CC(Nc1cc([N+](=O)[O-])ccn1)c1ccc(Br)cc1. The zero-order valence-corrected chi connectivity index (χ0v) is 11.8. The van der Waals surface area contributed by atoms with Crippen molar-refractivity contribution in [3.63, 3.8) is 0 Å². The smallest absolute Gasteiger partial charge is 0.274 e. The maximum atomic E-state index is 10.7. The van der Waals surface area contributed by atoms with Crippen LogP contribution in [0.3, 0.4) is 0 Å². The second-order valence-corrected chi connectivity index (χ2v) is 4.99. The molecule has 1 aromatic carbocycles. The largest absolute Gasteiger partial charge is 0.363 e. The fourth-order valence-electron chi connectivity index (χ4n) is 1.67. The van der Waals surface area contributed by atoms with E-state index in [0.717, 1.165) is 10.0 Å². The van der Waals surface area contributed by atoms with Gasteiger partial charge in [-0.05, 0) is 24.6 Å². The van der Waals surface area contributed by atoms with E-state index < -0.39 is 4.92 Å². The number of pyridine rings is 1.